The van der Waals surface area contributed by atoms with Crippen LogP contribution < -0.4 is 5.32 Å². The van der Waals surface area contributed by atoms with Gasteiger partial charge < -0.3 is 15.1 Å². The Hall–Kier alpha value is -0.610. The van der Waals surface area contributed by atoms with Gasteiger partial charge in [-0.3, -0.25) is 4.79 Å². The van der Waals surface area contributed by atoms with Crippen LogP contribution in [0.3, 0.4) is 0 Å². The highest BCUT2D eigenvalue weighted by Crippen LogP contribution is 2.13. The van der Waals surface area contributed by atoms with E-state index in [4.69, 9.17) is 0 Å². The van der Waals surface area contributed by atoms with Crippen molar-refractivity contribution in [2.45, 2.75) is 58.4 Å². The second kappa shape index (κ2) is 8.74. The smallest absolute Gasteiger partial charge is 0.223 e. The molecular formula is C17H33N3O. The van der Waals surface area contributed by atoms with Crippen LogP contribution >= 0.6 is 0 Å². The average Bonchev–Trinajstić information content (AvgIpc) is 2.49. The third-order valence-electron chi connectivity index (χ3n) is 4.69. The van der Waals surface area contributed by atoms with Crippen LogP contribution in [0.15, 0.2) is 0 Å². The molecule has 122 valence electrons. The highest BCUT2D eigenvalue weighted by Gasteiger charge is 2.20. The number of nitrogens with one attached hydrogen (secondary N) is 1. The summed E-state index contributed by atoms with van der Waals surface area (Å²) in [5.74, 6) is 1.11. The van der Waals surface area contributed by atoms with E-state index < -0.39 is 0 Å². The summed E-state index contributed by atoms with van der Waals surface area (Å²) in [4.78, 5) is 16.7. The quantitative estimate of drug-likeness (QED) is 0.815. The van der Waals surface area contributed by atoms with Crippen LogP contribution in [0.25, 0.3) is 0 Å². The Morgan fingerprint density at radius 1 is 1.10 bits per heavy atom. The van der Waals surface area contributed by atoms with Gasteiger partial charge in [0.1, 0.15) is 0 Å². The molecule has 0 unspecified atom stereocenters. The van der Waals surface area contributed by atoms with Gasteiger partial charge >= 0.3 is 0 Å². The van der Waals surface area contributed by atoms with E-state index in [2.05, 4.69) is 29.0 Å². The molecule has 2 aliphatic heterocycles. The molecule has 4 heteroatoms. The second-order valence-electron chi connectivity index (χ2n) is 7.11. The molecule has 0 aliphatic carbocycles. The summed E-state index contributed by atoms with van der Waals surface area (Å²) in [5, 5.41) is 3.59. The normalized spacial score (nSPS) is 22.0. The first-order valence-electron chi connectivity index (χ1n) is 8.88. The predicted molar refractivity (Wildman–Crippen MR) is 87.4 cm³/mol. The van der Waals surface area contributed by atoms with Crippen LogP contribution in [0.5, 0.6) is 0 Å². The van der Waals surface area contributed by atoms with Crippen molar-refractivity contribution in [3.05, 3.63) is 0 Å². The Bertz CT molecular complexity index is 305. The summed E-state index contributed by atoms with van der Waals surface area (Å²) in [7, 11) is 0. The monoisotopic (exact) mass is 295 g/mol. The predicted octanol–water partition coefficient (Wildman–Crippen LogP) is 2.10. The van der Waals surface area contributed by atoms with Gasteiger partial charge in [0.2, 0.25) is 5.91 Å². The van der Waals surface area contributed by atoms with E-state index in [-0.39, 0.29) is 0 Å². The lowest BCUT2D eigenvalue weighted by molar-refractivity contribution is -0.132. The molecule has 0 aromatic rings. The van der Waals surface area contributed by atoms with Crippen LogP contribution in [-0.2, 0) is 4.79 Å². The summed E-state index contributed by atoms with van der Waals surface area (Å²) < 4.78 is 0. The molecule has 1 amide bonds. The first-order valence-corrected chi connectivity index (χ1v) is 8.88. The molecule has 0 bridgehead atoms. The van der Waals surface area contributed by atoms with Gasteiger partial charge in [-0.25, -0.2) is 0 Å². The molecule has 2 rings (SSSR count). The number of carbonyl (C=O) groups is 1. The molecule has 0 spiro atoms. The molecule has 2 fully saturated rings. The van der Waals surface area contributed by atoms with E-state index in [9.17, 15) is 4.79 Å². The van der Waals surface area contributed by atoms with Gasteiger partial charge in [0.15, 0.2) is 0 Å². The zero-order chi connectivity index (χ0) is 15.1. The summed E-state index contributed by atoms with van der Waals surface area (Å²) in [5.41, 5.74) is 0. The molecule has 0 aromatic carbocycles. The lowest BCUT2D eigenvalue weighted by atomic mass is 10.0. The lowest BCUT2D eigenvalue weighted by Crippen LogP contribution is -2.44. The van der Waals surface area contributed by atoms with E-state index in [0.29, 0.717) is 18.4 Å². The van der Waals surface area contributed by atoms with E-state index in [1.54, 1.807) is 0 Å². The summed E-state index contributed by atoms with van der Waals surface area (Å²) in [6.45, 7) is 11.0. The van der Waals surface area contributed by atoms with Gasteiger partial charge in [0.25, 0.3) is 0 Å². The Balaban J connectivity index is 1.56. The number of rotatable bonds is 6. The van der Waals surface area contributed by atoms with E-state index in [1.165, 1.54) is 51.7 Å². The van der Waals surface area contributed by atoms with Crippen LogP contribution in [-0.4, -0.2) is 61.0 Å². The molecule has 2 heterocycles. The van der Waals surface area contributed by atoms with Gasteiger partial charge in [0.05, 0.1) is 0 Å². The first-order chi connectivity index (χ1) is 10.1. The molecule has 0 radical (unpaired) electrons. The number of likely N-dealkylation sites (tertiary alicyclic amines) is 2. The zero-order valence-corrected chi connectivity index (χ0v) is 13.9. The SMILES string of the molecule is CC(C)CN1CCC(NCCC(=O)N2CCCCC2)CC1. The summed E-state index contributed by atoms with van der Waals surface area (Å²) >= 11 is 0. The van der Waals surface area contributed by atoms with Gasteiger partial charge in [-0.05, 0) is 51.1 Å². The summed E-state index contributed by atoms with van der Waals surface area (Å²) in [6.07, 6.45) is 6.79. The van der Waals surface area contributed by atoms with Crippen molar-refractivity contribution in [2.75, 3.05) is 39.3 Å². The van der Waals surface area contributed by atoms with Crippen LogP contribution in [0.4, 0.5) is 0 Å². The molecule has 2 saturated heterocycles. The lowest BCUT2D eigenvalue weighted by Gasteiger charge is -2.33. The second-order valence-corrected chi connectivity index (χ2v) is 7.11. The van der Waals surface area contributed by atoms with Crippen molar-refractivity contribution >= 4 is 5.91 Å². The largest absolute Gasteiger partial charge is 0.343 e. The molecule has 4 nitrogen and oxygen atoms in total. The molecule has 0 aromatic heterocycles. The minimum absolute atomic E-state index is 0.347. The fraction of sp³-hybridized carbons (Fsp3) is 0.941. The van der Waals surface area contributed by atoms with Crippen molar-refractivity contribution in [2.24, 2.45) is 5.92 Å². The molecule has 1 N–H and O–H groups in total. The van der Waals surface area contributed by atoms with Crippen molar-refractivity contribution in [3.63, 3.8) is 0 Å². The number of carbonyl (C=O) groups excluding carboxylic acids is 1. The maximum absolute atomic E-state index is 12.1. The minimum atomic E-state index is 0.347. The van der Waals surface area contributed by atoms with Gasteiger partial charge in [0, 0.05) is 38.6 Å². The fourth-order valence-electron chi connectivity index (χ4n) is 3.52. The number of piperidine rings is 2. The summed E-state index contributed by atoms with van der Waals surface area (Å²) in [6, 6.07) is 0.613. The van der Waals surface area contributed by atoms with Crippen molar-refractivity contribution < 1.29 is 4.79 Å². The van der Waals surface area contributed by atoms with Gasteiger partial charge in [-0.2, -0.15) is 0 Å². The molecule has 0 saturated carbocycles. The zero-order valence-electron chi connectivity index (χ0n) is 13.9. The highest BCUT2D eigenvalue weighted by molar-refractivity contribution is 5.76. The number of hydrogen-bond donors (Lipinski definition) is 1. The topological polar surface area (TPSA) is 35.6 Å². The average molecular weight is 295 g/mol. The number of hydrogen-bond acceptors (Lipinski definition) is 3. The molecule has 21 heavy (non-hydrogen) atoms. The Morgan fingerprint density at radius 3 is 2.38 bits per heavy atom. The van der Waals surface area contributed by atoms with Crippen molar-refractivity contribution in [1.82, 2.24) is 15.1 Å². The highest BCUT2D eigenvalue weighted by atomic mass is 16.2. The standard InChI is InChI=1S/C17H33N3O/c1-15(2)14-19-12-7-16(8-13-19)18-9-6-17(21)20-10-4-3-5-11-20/h15-16,18H,3-14H2,1-2H3. The van der Waals surface area contributed by atoms with Crippen LogP contribution in [0, 0.1) is 5.92 Å². The van der Waals surface area contributed by atoms with Gasteiger partial charge in [-0.15, -0.1) is 0 Å². The van der Waals surface area contributed by atoms with Crippen molar-refractivity contribution in [3.8, 4) is 0 Å². The third-order valence-corrected chi connectivity index (χ3v) is 4.69. The van der Waals surface area contributed by atoms with E-state index >= 15 is 0 Å². The van der Waals surface area contributed by atoms with E-state index in [1.807, 2.05) is 0 Å². The molecule has 2 aliphatic rings. The Labute approximate surface area is 130 Å². The first kappa shape index (κ1) is 16.8. The Kier molecular flexibility index (Phi) is 6.97. The maximum atomic E-state index is 12.1. The Morgan fingerprint density at radius 2 is 1.76 bits per heavy atom. The molecular weight excluding hydrogens is 262 g/mol. The molecule has 0 atom stereocenters. The van der Waals surface area contributed by atoms with Crippen LogP contribution in [0.2, 0.25) is 0 Å². The maximum Gasteiger partial charge on any atom is 0.223 e. The van der Waals surface area contributed by atoms with Gasteiger partial charge in [-0.1, -0.05) is 13.8 Å². The third kappa shape index (κ3) is 5.95. The fourth-order valence-corrected chi connectivity index (χ4v) is 3.52. The number of nitrogens with zero attached hydrogens (tertiary/aromatic N) is 2. The van der Waals surface area contributed by atoms with Crippen molar-refractivity contribution in [1.29, 1.82) is 0 Å². The minimum Gasteiger partial charge on any atom is -0.343 e. The van der Waals surface area contributed by atoms with Crippen LogP contribution in [0.1, 0.15) is 52.4 Å². The van der Waals surface area contributed by atoms with E-state index in [0.717, 1.165) is 25.6 Å². The number of amides is 1.